The molecule has 212 valence electrons. The molecule has 0 saturated carbocycles. The maximum atomic E-state index is 14.6. The lowest BCUT2D eigenvalue weighted by Gasteiger charge is -2.50. The Hall–Kier alpha value is -3.41. The number of halogens is 1. The summed E-state index contributed by atoms with van der Waals surface area (Å²) in [5.41, 5.74) is 2.44. The standard InChI is InChI=1S/C32H40FN5O2/c1-35-22-32(26-5-3-6-27(33)17-26,29-7-4-8-30(29)40-31(39)36-2)25-13-15-37(16-14-25)19-24-20-38(21-24)28-11-9-23(18-34)10-12-28/h3-7,9-12,17,24-25,29-30,35H,8,13-16,19-22H2,1-2H3,(H,36,39)/t29-,30-,32-/m0/s1. The Morgan fingerprint density at radius 2 is 1.90 bits per heavy atom. The number of piperidine rings is 1. The molecule has 1 aliphatic carbocycles. The van der Waals surface area contributed by atoms with E-state index in [1.807, 2.05) is 37.4 Å². The highest BCUT2D eigenvalue weighted by atomic mass is 19.1. The highest BCUT2D eigenvalue weighted by Gasteiger charge is 2.51. The smallest absolute Gasteiger partial charge is 0.407 e. The first-order chi connectivity index (χ1) is 19.5. The lowest BCUT2D eigenvalue weighted by Crippen LogP contribution is -2.56. The Bertz CT molecular complexity index is 1230. The summed E-state index contributed by atoms with van der Waals surface area (Å²) in [4.78, 5) is 17.2. The summed E-state index contributed by atoms with van der Waals surface area (Å²) >= 11 is 0. The van der Waals surface area contributed by atoms with Gasteiger partial charge in [0.2, 0.25) is 0 Å². The van der Waals surface area contributed by atoms with Gasteiger partial charge in [-0.05, 0) is 80.9 Å². The van der Waals surface area contributed by atoms with Crippen molar-refractivity contribution in [2.75, 3.05) is 58.3 Å². The molecule has 1 amide bonds. The van der Waals surface area contributed by atoms with E-state index in [0.29, 0.717) is 30.4 Å². The van der Waals surface area contributed by atoms with Crippen molar-refractivity contribution >= 4 is 11.8 Å². The minimum atomic E-state index is -0.429. The minimum absolute atomic E-state index is 0.0526. The number of alkyl carbamates (subject to hydrolysis) is 1. The second kappa shape index (κ2) is 12.4. The van der Waals surface area contributed by atoms with E-state index in [4.69, 9.17) is 10.00 Å². The number of nitrogens with zero attached hydrogens (tertiary/aromatic N) is 3. The number of carbonyl (C=O) groups excluding carboxylic acids is 1. The SMILES string of the molecule is CNC[C@@](c1cccc(F)c1)(C1CCN(CC2CN(c3ccc(C#N)cc3)C2)CC1)[C@H]1C=CC[C@@H]1OC(=O)NC. The Labute approximate surface area is 237 Å². The van der Waals surface area contributed by atoms with Gasteiger partial charge in [0.25, 0.3) is 0 Å². The van der Waals surface area contributed by atoms with Gasteiger partial charge in [0.15, 0.2) is 0 Å². The van der Waals surface area contributed by atoms with Crippen LogP contribution in [0.15, 0.2) is 60.7 Å². The van der Waals surface area contributed by atoms with Crippen molar-refractivity contribution in [3.05, 3.63) is 77.6 Å². The predicted molar refractivity (Wildman–Crippen MR) is 155 cm³/mol. The fourth-order valence-corrected chi connectivity index (χ4v) is 7.22. The van der Waals surface area contributed by atoms with Gasteiger partial charge in [-0.3, -0.25) is 0 Å². The lowest BCUT2D eigenvalue weighted by molar-refractivity contribution is 0.0216. The summed E-state index contributed by atoms with van der Waals surface area (Å²) in [5.74, 6) is 0.639. The normalized spacial score (nSPS) is 23.3. The zero-order chi connectivity index (χ0) is 28.1. The number of carbonyl (C=O) groups is 1. The molecule has 2 fully saturated rings. The monoisotopic (exact) mass is 545 g/mol. The second-order valence-corrected chi connectivity index (χ2v) is 11.5. The second-order valence-electron chi connectivity index (χ2n) is 11.5. The van der Waals surface area contributed by atoms with Crippen molar-refractivity contribution in [1.82, 2.24) is 15.5 Å². The van der Waals surface area contributed by atoms with Crippen LogP contribution in [0, 0.1) is 34.9 Å². The summed E-state index contributed by atoms with van der Waals surface area (Å²) in [6.45, 7) is 5.80. The van der Waals surface area contributed by atoms with Crippen LogP contribution in [0.3, 0.4) is 0 Å². The molecule has 0 spiro atoms. The molecule has 40 heavy (non-hydrogen) atoms. The number of likely N-dealkylation sites (tertiary alicyclic amines) is 1. The van der Waals surface area contributed by atoms with E-state index in [0.717, 1.165) is 51.1 Å². The fraction of sp³-hybridized carbons (Fsp3) is 0.500. The third-order valence-corrected chi connectivity index (χ3v) is 9.15. The highest BCUT2D eigenvalue weighted by molar-refractivity contribution is 5.67. The Kier molecular flexibility index (Phi) is 8.72. The molecule has 0 bridgehead atoms. The zero-order valence-corrected chi connectivity index (χ0v) is 23.5. The lowest BCUT2D eigenvalue weighted by atomic mass is 9.59. The van der Waals surface area contributed by atoms with E-state index in [1.165, 1.54) is 11.8 Å². The van der Waals surface area contributed by atoms with Gasteiger partial charge < -0.3 is 25.2 Å². The quantitative estimate of drug-likeness (QED) is 0.458. The molecule has 3 aliphatic rings. The number of nitrogens with one attached hydrogen (secondary N) is 2. The number of rotatable bonds is 9. The van der Waals surface area contributed by atoms with Gasteiger partial charge >= 0.3 is 6.09 Å². The molecule has 3 atom stereocenters. The van der Waals surface area contributed by atoms with Crippen LogP contribution in [-0.2, 0) is 10.2 Å². The van der Waals surface area contributed by atoms with Crippen LogP contribution in [0.25, 0.3) is 0 Å². The van der Waals surface area contributed by atoms with Crippen LogP contribution in [0.5, 0.6) is 0 Å². The van der Waals surface area contributed by atoms with E-state index in [2.05, 4.69) is 38.7 Å². The largest absolute Gasteiger partial charge is 0.445 e. The van der Waals surface area contributed by atoms with Crippen molar-refractivity contribution in [2.24, 2.45) is 17.8 Å². The van der Waals surface area contributed by atoms with Crippen molar-refractivity contribution in [3.8, 4) is 6.07 Å². The zero-order valence-electron chi connectivity index (χ0n) is 23.5. The first-order valence-electron chi connectivity index (χ1n) is 14.4. The number of likely N-dealkylation sites (N-methyl/N-ethyl adjacent to an activating group) is 1. The summed E-state index contributed by atoms with van der Waals surface area (Å²) < 4.78 is 20.5. The molecule has 2 N–H and O–H groups in total. The average Bonchev–Trinajstić information content (AvgIpc) is 3.42. The Morgan fingerprint density at radius 3 is 2.55 bits per heavy atom. The number of hydrogen-bond acceptors (Lipinski definition) is 6. The molecule has 5 rings (SSSR count). The third-order valence-electron chi connectivity index (χ3n) is 9.15. The van der Waals surface area contributed by atoms with Gasteiger partial charge in [-0.15, -0.1) is 0 Å². The van der Waals surface area contributed by atoms with Crippen LogP contribution >= 0.6 is 0 Å². The van der Waals surface area contributed by atoms with Crippen molar-refractivity contribution in [3.63, 3.8) is 0 Å². The maximum Gasteiger partial charge on any atom is 0.407 e. The number of ether oxygens (including phenoxy) is 1. The van der Waals surface area contributed by atoms with Crippen LogP contribution in [0.4, 0.5) is 14.9 Å². The van der Waals surface area contributed by atoms with Crippen LogP contribution in [0.1, 0.15) is 30.4 Å². The molecule has 2 aromatic rings. The fourth-order valence-electron chi connectivity index (χ4n) is 7.22. The minimum Gasteiger partial charge on any atom is -0.445 e. The summed E-state index contributed by atoms with van der Waals surface area (Å²) in [7, 11) is 3.53. The molecule has 2 aliphatic heterocycles. The predicted octanol–water partition coefficient (Wildman–Crippen LogP) is 4.30. The van der Waals surface area contributed by atoms with Gasteiger partial charge in [-0.1, -0.05) is 24.3 Å². The van der Waals surface area contributed by atoms with E-state index in [9.17, 15) is 9.18 Å². The van der Waals surface area contributed by atoms with E-state index < -0.39 is 11.5 Å². The van der Waals surface area contributed by atoms with Crippen molar-refractivity contribution in [1.29, 1.82) is 5.26 Å². The van der Waals surface area contributed by atoms with Crippen molar-refractivity contribution in [2.45, 2.75) is 30.8 Å². The van der Waals surface area contributed by atoms with E-state index >= 15 is 0 Å². The van der Waals surface area contributed by atoms with Gasteiger partial charge in [0.05, 0.1) is 11.6 Å². The van der Waals surface area contributed by atoms with Crippen LogP contribution in [-0.4, -0.2) is 70.5 Å². The number of benzene rings is 2. The summed E-state index contributed by atoms with van der Waals surface area (Å²) in [5, 5.41) is 15.1. The first-order valence-corrected chi connectivity index (χ1v) is 14.4. The maximum absolute atomic E-state index is 14.6. The molecule has 2 saturated heterocycles. The molecule has 0 radical (unpaired) electrons. The molecule has 0 unspecified atom stereocenters. The average molecular weight is 546 g/mol. The first kappa shape index (κ1) is 28.1. The molecule has 8 heteroatoms. The molecular weight excluding hydrogens is 505 g/mol. The van der Waals surface area contributed by atoms with Gasteiger partial charge in [-0.25, -0.2) is 9.18 Å². The van der Waals surface area contributed by atoms with Gasteiger partial charge in [-0.2, -0.15) is 5.26 Å². The van der Waals surface area contributed by atoms with Crippen molar-refractivity contribution < 1.29 is 13.9 Å². The number of anilines is 1. The van der Waals surface area contributed by atoms with Gasteiger partial charge in [0, 0.05) is 62.6 Å². The molecular formula is C32H40FN5O2. The molecule has 2 aromatic carbocycles. The Balaban J connectivity index is 1.28. The van der Waals surface area contributed by atoms with Crippen LogP contribution < -0.4 is 15.5 Å². The summed E-state index contributed by atoms with van der Waals surface area (Å²) in [6.07, 6.45) is 6.23. The molecule has 2 heterocycles. The Morgan fingerprint density at radius 1 is 1.15 bits per heavy atom. The topological polar surface area (TPSA) is 80.6 Å². The van der Waals surface area contributed by atoms with Crippen LogP contribution in [0.2, 0.25) is 0 Å². The number of nitriles is 1. The van der Waals surface area contributed by atoms with E-state index in [-0.39, 0.29) is 17.8 Å². The molecule has 7 nitrogen and oxygen atoms in total. The summed E-state index contributed by atoms with van der Waals surface area (Å²) in [6, 6.07) is 17.0. The number of amides is 1. The molecule has 0 aromatic heterocycles. The third kappa shape index (κ3) is 5.72. The highest BCUT2D eigenvalue weighted by Crippen LogP contribution is 2.49. The number of hydrogen-bond donors (Lipinski definition) is 2. The van der Waals surface area contributed by atoms with E-state index in [1.54, 1.807) is 19.2 Å². The van der Waals surface area contributed by atoms with Gasteiger partial charge in [0.1, 0.15) is 11.9 Å².